The van der Waals surface area contributed by atoms with Gasteiger partial charge >= 0.3 is 18.1 Å². The van der Waals surface area contributed by atoms with Crippen LogP contribution in [0.2, 0.25) is 0 Å². The van der Waals surface area contributed by atoms with Crippen LogP contribution >= 0.6 is 0 Å². The molecular formula is C17H22F3N3O3. The number of hydrogen-bond acceptors (Lipinski definition) is 5. The lowest BCUT2D eigenvalue weighted by Gasteiger charge is -2.36. The second kappa shape index (κ2) is 8.39. The maximum Gasteiger partial charge on any atom is 0.471 e. The van der Waals surface area contributed by atoms with E-state index in [1.807, 2.05) is 4.90 Å². The van der Waals surface area contributed by atoms with Gasteiger partial charge in [0, 0.05) is 31.9 Å². The standard InChI is InChI=1S/C17H22F3N3O3/c1-3-22-7-9-23(10-8-22)14-6-5-12(21-16(25)17(18,19)20)11-13(14)15(24)26-4-2/h5-6,11H,3-4,7-10H2,1-2H3,(H,21,25). The number of carbonyl (C=O) groups is 2. The van der Waals surface area contributed by atoms with Gasteiger partial charge in [-0.25, -0.2) is 4.79 Å². The van der Waals surface area contributed by atoms with Gasteiger partial charge in [0.15, 0.2) is 0 Å². The van der Waals surface area contributed by atoms with Gasteiger partial charge in [0.2, 0.25) is 0 Å². The molecule has 0 aromatic heterocycles. The lowest BCUT2D eigenvalue weighted by molar-refractivity contribution is -0.167. The molecule has 0 saturated carbocycles. The number of piperazine rings is 1. The highest BCUT2D eigenvalue weighted by Crippen LogP contribution is 2.27. The fourth-order valence-corrected chi connectivity index (χ4v) is 2.77. The van der Waals surface area contributed by atoms with Crippen LogP contribution < -0.4 is 10.2 Å². The van der Waals surface area contributed by atoms with Gasteiger partial charge in [0.25, 0.3) is 0 Å². The van der Waals surface area contributed by atoms with E-state index in [-0.39, 0.29) is 17.9 Å². The highest BCUT2D eigenvalue weighted by molar-refractivity contribution is 6.00. The number of carbonyl (C=O) groups excluding carboxylic acids is 2. The Morgan fingerprint density at radius 1 is 1.15 bits per heavy atom. The van der Waals surface area contributed by atoms with Gasteiger partial charge in [-0.05, 0) is 31.7 Å². The van der Waals surface area contributed by atoms with E-state index in [4.69, 9.17) is 4.74 Å². The first-order chi connectivity index (χ1) is 12.3. The van der Waals surface area contributed by atoms with Crippen molar-refractivity contribution in [1.29, 1.82) is 0 Å². The molecule has 0 atom stereocenters. The average Bonchev–Trinajstić information content (AvgIpc) is 2.61. The maximum atomic E-state index is 12.4. The first-order valence-corrected chi connectivity index (χ1v) is 8.42. The number of alkyl halides is 3. The van der Waals surface area contributed by atoms with E-state index in [9.17, 15) is 22.8 Å². The molecule has 1 aromatic carbocycles. The summed E-state index contributed by atoms with van der Waals surface area (Å²) in [6.07, 6.45) is -5.00. The summed E-state index contributed by atoms with van der Waals surface area (Å²) in [6, 6.07) is 4.12. The second-order valence-electron chi connectivity index (χ2n) is 5.83. The van der Waals surface area contributed by atoms with Crippen LogP contribution in [0.3, 0.4) is 0 Å². The molecule has 1 heterocycles. The number of likely N-dealkylation sites (N-methyl/N-ethyl adjacent to an activating group) is 1. The van der Waals surface area contributed by atoms with E-state index in [1.54, 1.807) is 18.3 Å². The SMILES string of the molecule is CCOC(=O)c1cc(NC(=O)C(F)(F)F)ccc1N1CCN(CC)CC1. The zero-order valence-corrected chi connectivity index (χ0v) is 14.7. The van der Waals surface area contributed by atoms with Crippen LogP contribution in [0.5, 0.6) is 0 Å². The number of ether oxygens (including phenoxy) is 1. The van der Waals surface area contributed by atoms with Crippen molar-refractivity contribution in [2.45, 2.75) is 20.0 Å². The summed E-state index contributed by atoms with van der Waals surface area (Å²) < 4.78 is 42.3. The molecule has 1 saturated heterocycles. The van der Waals surface area contributed by atoms with Crippen LogP contribution in [0, 0.1) is 0 Å². The molecule has 1 amide bonds. The average molecular weight is 373 g/mol. The quantitative estimate of drug-likeness (QED) is 0.804. The Morgan fingerprint density at radius 2 is 1.81 bits per heavy atom. The number of halogens is 3. The van der Waals surface area contributed by atoms with Crippen LogP contribution in [-0.4, -0.2) is 62.3 Å². The minimum Gasteiger partial charge on any atom is -0.462 e. The summed E-state index contributed by atoms with van der Waals surface area (Å²) in [7, 11) is 0. The van der Waals surface area contributed by atoms with Gasteiger partial charge in [-0.1, -0.05) is 6.92 Å². The number of nitrogens with zero attached hydrogens (tertiary/aromatic N) is 2. The minimum absolute atomic E-state index is 0.105. The molecule has 1 fully saturated rings. The van der Waals surface area contributed by atoms with E-state index in [0.717, 1.165) is 19.6 Å². The van der Waals surface area contributed by atoms with Gasteiger partial charge in [-0.15, -0.1) is 0 Å². The van der Waals surface area contributed by atoms with Crippen molar-refractivity contribution in [3.05, 3.63) is 23.8 Å². The number of esters is 1. The molecule has 26 heavy (non-hydrogen) atoms. The monoisotopic (exact) mass is 373 g/mol. The number of benzene rings is 1. The van der Waals surface area contributed by atoms with Crippen LogP contribution in [0.1, 0.15) is 24.2 Å². The summed E-state index contributed by atoms with van der Waals surface area (Å²) in [5.74, 6) is -2.72. The zero-order chi connectivity index (χ0) is 19.3. The van der Waals surface area contributed by atoms with Crippen molar-refractivity contribution in [3.63, 3.8) is 0 Å². The molecule has 9 heteroatoms. The molecule has 0 radical (unpaired) electrons. The van der Waals surface area contributed by atoms with Crippen molar-refractivity contribution in [1.82, 2.24) is 4.90 Å². The summed E-state index contributed by atoms with van der Waals surface area (Å²) in [4.78, 5) is 27.7. The minimum atomic E-state index is -5.00. The highest BCUT2D eigenvalue weighted by Gasteiger charge is 2.38. The second-order valence-corrected chi connectivity index (χ2v) is 5.83. The predicted octanol–water partition coefficient (Wildman–Crippen LogP) is 2.51. The Labute approximate surface area is 149 Å². The van der Waals surface area contributed by atoms with E-state index >= 15 is 0 Å². The molecular weight excluding hydrogens is 351 g/mol. The maximum absolute atomic E-state index is 12.4. The van der Waals surface area contributed by atoms with Crippen LogP contribution in [-0.2, 0) is 9.53 Å². The molecule has 0 unspecified atom stereocenters. The van der Waals surface area contributed by atoms with Gasteiger partial charge in [-0.2, -0.15) is 13.2 Å². The molecule has 1 aliphatic rings. The van der Waals surface area contributed by atoms with Crippen molar-refractivity contribution >= 4 is 23.3 Å². The molecule has 2 rings (SSSR count). The van der Waals surface area contributed by atoms with Gasteiger partial charge in [0.1, 0.15) is 0 Å². The lowest BCUT2D eigenvalue weighted by atomic mass is 10.1. The predicted molar refractivity (Wildman–Crippen MR) is 91.4 cm³/mol. The third-order valence-electron chi connectivity index (χ3n) is 4.17. The van der Waals surface area contributed by atoms with E-state index in [2.05, 4.69) is 11.8 Å². The highest BCUT2D eigenvalue weighted by atomic mass is 19.4. The van der Waals surface area contributed by atoms with E-state index in [0.29, 0.717) is 18.8 Å². The summed E-state index contributed by atoms with van der Waals surface area (Å²) >= 11 is 0. The fraction of sp³-hybridized carbons (Fsp3) is 0.529. The van der Waals surface area contributed by atoms with Crippen molar-refractivity contribution in [2.75, 3.05) is 49.5 Å². The largest absolute Gasteiger partial charge is 0.471 e. The van der Waals surface area contributed by atoms with E-state index < -0.39 is 18.1 Å². The van der Waals surface area contributed by atoms with Crippen LogP contribution in [0.4, 0.5) is 24.5 Å². The Kier molecular flexibility index (Phi) is 6.47. The van der Waals surface area contributed by atoms with Crippen molar-refractivity contribution in [3.8, 4) is 0 Å². The Morgan fingerprint density at radius 3 is 2.35 bits per heavy atom. The number of anilines is 2. The number of amides is 1. The summed E-state index contributed by atoms with van der Waals surface area (Å²) in [5.41, 5.74) is 0.618. The molecule has 6 nitrogen and oxygen atoms in total. The van der Waals surface area contributed by atoms with Crippen LogP contribution in [0.25, 0.3) is 0 Å². The Balaban J connectivity index is 2.27. The Bertz CT molecular complexity index is 656. The Hall–Kier alpha value is -2.29. The number of rotatable bonds is 5. The summed E-state index contributed by atoms with van der Waals surface area (Å²) in [6.45, 7) is 7.81. The molecule has 144 valence electrons. The van der Waals surface area contributed by atoms with Gasteiger partial charge in [-0.3, -0.25) is 4.79 Å². The number of nitrogens with one attached hydrogen (secondary N) is 1. The first kappa shape index (κ1) is 20.0. The number of hydrogen-bond donors (Lipinski definition) is 1. The molecule has 1 N–H and O–H groups in total. The topological polar surface area (TPSA) is 61.9 Å². The van der Waals surface area contributed by atoms with Crippen molar-refractivity contribution in [2.24, 2.45) is 0 Å². The summed E-state index contributed by atoms with van der Waals surface area (Å²) in [5, 5.41) is 1.77. The third-order valence-corrected chi connectivity index (χ3v) is 4.17. The zero-order valence-electron chi connectivity index (χ0n) is 14.7. The fourth-order valence-electron chi connectivity index (χ4n) is 2.77. The third kappa shape index (κ3) is 4.87. The molecule has 1 aliphatic heterocycles. The smallest absolute Gasteiger partial charge is 0.462 e. The van der Waals surface area contributed by atoms with Crippen molar-refractivity contribution < 1.29 is 27.5 Å². The van der Waals surface area contributed by atoms with E-state index in [1.165, 1.54) is 12.1 Å². The molecule has 0 spiro atoms. The molecule has 1 aromatic rings. The molecule has 0 aliphatic carbocycles. The molecule has 0 bridgehead atoms. The van der Waals surface area contributed by atoms with Gasteiger partial charge in [0.05, 0.1) is 17.9 Å². The lowest BCUT2D eigenvalue weighted by Crippen LogP contribution is -2.46. The van der Waals surface area contributed by atoms with Gasteiger partial charge < -0.3 is 19.9 Å². The normalized spacial score (nSPS) is 15.7. The first-order valence-electron chi connectivity index (χ1n) is 8.42. The van der Waals surface area contributed by atoms with Crippen LogP contribution in [0.15, 0.2) is 18.2 Å².